The zero-order valence-electron chi connectivity index (χ0n) is 34.0. The van der Waals surface area contributed by atoms with Crippen LogP contribution in [0.5, 0.6) is 23.0 Å². The molecule has 0 radical (unpaired) electrons. The number of rotatable bonds is 5. The summed E-state index contributed by atoms with van der Waals surface area (Å²) >= 11 is 0. The first-order chi connectivity index (χ1) is 30.1. The van der Waals surface area contributed by atoms with Gasteiger partial charge in [-0.2, -0.15) is 0 Å². The molecule has 0 unspecified atom stereocenters. The van der Waals surface area contributed by atoms with Crippen LogP contribution in [0.25, 0.3) is 22.3 Å². The lowest BCUT2D eigenvalue weighted by Gasteiger charge is -2.45. The molecule has 0 bridgehead atoms. The first-order valence-corrected chi connectivity index (χ1v) is 23.1. The van der Waals surface area contributed by atoms with E-state index in [0.717, 1.165) is 56.2 Å². The largest absolute Gasteiger partial charge is 0.458 e. The number of benzene rings is 9. The van der Waals surface area contributed by atoms with Crippen molar-refractivity contribution in [3.05, 3.63) is 217 Å². The van der Waals surface area contributed by atoms with Gasteiger partial charge in [0.1, 0.15) is 23.0 Å². The molecule has 3 aliphatic rings. The highest BCUT2D eigenvalue weighted by Crippen LogP contribution is 2.44. The highest BCUT2D eigenvalue weighted by Gasteiger charge is 2.49. The van der Waals surface area contributed by atoms with E-state index in [-0.39, 0.29) is 6.71 Å². The van der Waals surface area contributed by atoms with Gasteiger partial charge < -0.3 is 14.4 Å². The van der Waals surface area contributed by atoms with E-state index in [2.05, 4.69) is 225 Å². The van der Waals surface area contributed by atoms with Crippen molar-refractivity contribution >= 4 is 69.0 Å². The van der Waals surface area contributed by atoms with Gasteiger partial charge in [-0.05, 0) is 109 Å². The summed E-state index contributed by atoms with van der Waals surface area (Å²) in [5, 5.41) is 5.42. The van der Waals surface area contributed by atoms with Crippen LogP contribution in [0.4, 0.5) is 17.1 Å². The average molecular weight is 798 g/mol. The molecule has 0 aromatic heterocycles. The minimum atomic E-state index is -2.77. The minimum absolute atomic E-state index is 0.0421. The number of hydrogen-bond donors (Lipinski definition) is 0. The number of ether oxygens (including phenoxy) is 2. The highest BCUT2D eigenvalue weighted by molar-refractivity contribution is 7.21. The molecule has 12 rings (SSSR count). The van der Waals surface area contributed by atoms with Crippen LogP contribution in [0.2, 0.25) is 0 Å². The van der Waals surface area contributed by atoms with Crippen molar-refractivity contribution in [1.29, 1.82) is 0 Å². The first kappa shape index (κ1) is 35.6. The molecule has 0 N–H and O–H groups in total. The third-order valence-electron chi connectivity index (χ3n) is 13.1. The van der Waals surface area contributed by atoms with Crippen molar-refractivity contribution in [1.82, 2.24) is 0 Å². The third kappa shape index (κ3) is 5.37. The van der Waals surface area contributed by atoms with E-state index in [1.807, 2.05) is 0 Å². The van der Waals surface area contributed by atoms with Crippen LogP contribution in [0, 0.1) is 13.8 Å². The fourth-order valence-corrected chi connectivity index (χ4v) is 15.5. The van der Waals surface area contributed by atoms with Crippen LogP contribution >= 0.6 is 0 Å². The Morgan fingerprint density at radius 3 is 1.62 bits per heavy atom. The van der Waals surface area contributed by atoms with E-state index < -0.39 is 8.07 Å². The highest BCUT2D eigenvalue weighted by atomic mass is 28.3. The number of hydrogen-bond acceptors (Lipinski definition) is 3. The predicted molar refractivity (Wildman–Crippen MR) is 256 cm³/mol. The van der Waals surface area contributed by atoms with E-state index in [9.17, 15) is 0 Å². The molecule has 288 valence electrons. The molecular weight excluding hydrogens is 758 g/mol. The molecule has 0 atom stereocenters. The summed E-state index contributed by atoms with van der Waals surface area (Å²) in [5.41, 5.74) is 14.0. The van der Waals surface area contributed by atoms with Crippen LogP contribution in [-0.4, -0.2) is 14.8 Å². The maximum Gasteiger partial charge on any atom is 0.260 e. The Bertz CT molecular complexity index is 3110. The third-order valence-corrected chi connectivity index (χ3v) is 18.0. The molecule has 3 heterocycles. The summed E-state index contributed by atoms with van der Waals surface area (Å²) in [7, 11) is -2.77. The van der Waals surface area contributed by atoms with Gasteiger partial charge in [-0.25, -0.2) is 0 Å². The van der Waals surface area contributed by atoms with Gasteiger partial charge in [0, 0.05) is 29.0 Å². The fraction of sp³-hybridized carbons (Fsp3) is 0.0357. The van der Waals surface area contributed by atoms with Gasteiger partial charge in [-0.15, -0.1) is 0 Å². The quantitative estimate of drug-likeness (QED) is 0.162. The zero-order chi connectivity index (χ0) is 40.7. The molecule has 0 saturated carbocycles. The van der Waals surface area contributed by atoms with Crippen molar-refractivity contribution in [3.63, 3.8) is 0 Å². The van der Waals surface area contributed by atoms with Crippen molar-refractivity contribution < 1.29 is 9.47 Å². The van der Waals surface area contributed by atoms with Crippen molar-refractivity contribution in [2.45, 2.75) is 13.8 Å². The van der Waals surface area contributed by atoms with E-state index in [1.54, 1.807) is 0 Å². The summed E-state index contributed by atoms with van der Waals surface area (Å²) in [5.74, 6) is 3.38. The predicted octanol–water partition coefficient (Wildman–Crippen LogP) is 9.53. The Hall–Kier alpha value is -7.34. The molecule has 0 fully saturated rings. The number of aryl methyl sites for hydroxylation is 2. The van der Waals surface area contributed by atoms with Gasteiger partial charge in [0.2, 0.25) is 0 Å². The van der Waals surface area contributed by atoms with Crippen molar-refractivity contribution in [2.24, 2.45) is 0 Å². The summed E-state index contributed by atoms with van der Waals surface area (Å²) < 4.78 is 14.0. The molecule has 0 amide bonds. The monoisotopic (exact) mass is 797 g/mol. The van der Waals surface area contributed by atoms with Gasteiger partial charge >= 0.3 is 0 Å². The number of fused-ring (bicyclic) bond motifs is 6. The van der Waals surface area contributed by atoms with Crippen LogP contribution < -0.4 is 51.5 Å². The van der Waals surface area contributed by atoms with Crippen molar-refractivity contribution in [2.75, 3.05) is 4.90 Å². The Morgan fingerprint density at radius 2 is 0.934 bits per heavy atom. The lowest BCUT2D eigenvalue weighted by atomic mass is 9.35. The van der Waals surface area contributed by atoms with Gasteiger partial charge in [0.05, 0.1) is 5.69 Å². The molecule has 5 heteroatoms. The standard InChI is InChI=1S/C56H40BNO2Si/c1-37-17-9-10-22-44(37)45-33-39(30-29-38(45)2)40-31-32-47-51(34-40)60-53-36-41(35-52-56(53)57(47)46-23-11-14-26-50(46)59-52)58-48-24-12-15-27-54(48)61(42-18-5-3-6-19-42,43-20-7-4-8-21-43)55-28-16-13-25-49(55)58/h3-36H,1-2H3. The number of nitrogens with zero attached hydrogens (tertiary/aromatic N) is 1. The molecule has 3 aliphatic heterocycles. The topological polar surface area (TPSA) is 21.7 Å². The zero-order valence-corrected chi connectivity index (χ0v) is 35.0. The number of para-hydroxylation sites is 3. The van der Waals surface area contributed by atoms with Crippen LogP contribution in [0.15, 0.2) is 206 Å². The fourth-order valence-electron chi connectivity index (χ4n) is 10.4. The van der Waals surface area contributed by atoms with E-state index in [1.165, 1.54) is 54.4 Å². The van der Waals surface area contributed by atoms with Gasteiger partial charge in [-0.3, -0.25) is 0 Å². The lowest BCUT2D eigenvalue weighted by molar-refractivity contribution is 0.465. The molecule has 3 nitrogen and oxygen atoms in total. The second kappa shape index (κ2) is 13.9. The SMILES string of the molecule is Cc1ccccc1-c1cc(-c2ccc3c(c2)Oc2cc(N4c5ccccc5[Si](c5ccccc5)(c5ccccc5)c5ccccc54)cc4c2B3c2ccccc2O4)ccc1C. The van der Waals surface area contributed by atoms with Crippen LogP contribution in [0.1, 0.15) is 11.1 Å². The summed E-state index contributed by atoms with van der Waals surface area (Å²) in [4.78, 5) is 2.44. The first-order valence-electron chi connectivity index (χ1n) is 21.1. The second-order valence-corrected chi connectivity index (χ2v) is 20.2. The second-order valence-electron chi connectivity index (χ2n) is 16.5. The lowest BCUT2D eigenvalue weighted by Crippen LogP contribution is -2.77. The molecule has 0 saturated heterocycles. The van der Waals surface area contributed by atoms with E-state index in [0.29, 0.717) is 0 Å². The molecule has 0 spiro atoms. The number of anilines is 3. The molecule has 9 aromatic rings. The Labute approximate surface area is 358 Å². The van der Waals surface area contributed by atoms with Gasteiger partial charge in [0.25, 0.3) is 6.71 Å². The Kier molecular flexibility index (Phi) is 8.09. The maximum atomic E-state index is 7.15. The van der Waals surface area contributed by atoms with Gasteiger partial charge in [0.15, 0.2) is 8.07 Å². The Balaban J connectivity index is 1.05. The molecule has 9 aromatic carbocycles. The van der Waals surface area contributed by atoms with Crippen molar-refractivity contribution in [3.8, 4) is 45.3 Å². The maximum absolute atomic E-state index is 7.15. The summed E-state index contributed by atoms with van der Waals surface area (Å²) in [6.07, 6.45) is 0. The van der Waals surface area contributed by atoms with Crippen LogP contribution in [0.3, 0.4) is 0 Å². The van der Waals surface area contributed by atoms with E-state index in [4.69, 9.17) is 9.47 Å². The minimum Gasteiger partial charge on any atom is -0.458 e. The normalized spacial score (nSPS) is 13.7. The molecular formula is C56H40BNO2Si. The summed E-state index contributed by atoms with van der Waals surface area (Å²) in [6, 6.07) is 75.5. The van der Waals surface area contributed by atoms with Crippen LogP contribution in [-0.2, 0) is 0 Å². The molecule has 0 aliphatic carbocycles. The smallest absolute Gasteiger partial charge is 0.260 e. The van der Waals surface area contributed by atoms with Gasteiger partial charge in [-0.1, -0.05) is 164 Å². The average Bonchev–Trinajstić information content (AvgIpc) is 3.31. The Morgan fingerprint density at radius 1 is 0.410 bits per heavy atom. The molecule has 61 heavy (non-hydrogen) atoms. The van der Waals surface area contributed by atoms with E-state index >= 15 is 0 Å². The summed E-state index contributed by atoms with van der Waals surface area (Å²) in [6.45, 7) is 4.34.